The molecule has 1 aromatic heterocycles. The lowest BCUT2D eigenvalue weighted by Gasteiger charge is -2.24. The van der Waals surface area contributed by atoms with Gasteiger partial charge in [0.15, 0.2) is 0 Å². The normalized spacial score (nSPS) is 17.2. The van der Waals surface area contributed by atoms with E-state index in [0.29, 0.717) is 6.61 Å². The topological polar surface area (TPSA) is 54.5 Å². The zero-order chi connectivity index (χ0) is 17.5. The third-order valence-electron chi connectivity index (χ3n) is 4.27. The van der Waals surface area contributed by atoms with Crippen LogP contribution in [0.2, 0.25) is 0 Å². The first-order chi connectivity index (χ1) is 12.3. The van der Waals surface area contributed by atoms with Crippen LogP contribution in [0.5, 0.6) is 0 Å². The molecule has 1 fully saturated rings. The molecular weight excluding hydrogens is 314 g/mol. The largest absolute Gasteiger partial charge is 0.383 e. The number of methoxy groups -OCH3 is 1. The van der Waals surface area contributed by atoms with Crippen LogP contribution in [0.15, 0.2) is 48.7 Å². The Hall–Kier alpha value is -2.66. The van der Waals surface area contributed by atoms with Crippen molar-refractivity contribution in [3.05, 3.63) is 59.9 Å². The number of hydrogen-bond acceptors (Lipinski definition) is 3. The van der Waals surface area contributed by atoms with E-state index in [1.165, 1.54) is 0 Å². The Morgan fingerprint density at radius 3 is 3.04 bits per heavy atom. The van der Waals surface area contributed by atoms with E-state index in [9.17, 15) is 4.79 Å². The summed E-state index contributed by atoms with van der Waals surface area (Å²) in [5.74, 6) is 0. The quantitative estimate of drug-likeness (QED) is 0.900. The van der Waals surface area contributed by atoms with Crippen LogP contribution >= 0.6 is 0 Å². The van der Waals surface area contributed by atoms with Gasteiger partial charge in [-0.15, -0.1) is 0 Å². The fraction of sp³-hybridized carbons (Fsp3) is 0.300. The smallest absolute Gasteiger partial charge is 0.322 e. The molecule has 0 saturated carbocycles. The summed E-state index contributed by atoms with van der Waals surface area (Å²) < 4.78 is 5.21. The highest BCUT2D eigenvalue weighted by atomic mass is 16.5. The van der Waals surface area contributed by atoms with Gasteiger partial charge < -0.3 is 15.0 Å². The molecule has 1 aliphatic rings. The lowest BCUT2D eigenvalue weighted by molar-refractivity contribution is 0.128. The van der Waals surface area contributed by atoms with Gasteiger partial charge in [-0.3, -0.25) is 4.98 Å². The number of hydrogen-bond donors (Lipinski definition) is 1. The Morgan fingerprint density at radius 2 is 2.24 bits per heavy atom. The molecule has 5 nitrogen and oxygen atoms in total. The molecule has 2 aromatic rings. The first-order valence-corrected chi connectivity index (χ1v) is 8.52. The number of pyridine rings is 1. The number of aromatic nitrogens is 1. The number of likely N-dealkylation sites (tertiary alicyclic amines) is 1. The van der Waals surface area contributed by atoms with Crippen LogP contribution in [-0.2, 0) is 4.74 Å². The molecule has 1 atom stereocenters. The predicted molar refractivity (Wildman–Crippen MR) is 100 cm³/mol. The van der Waals surface area contributed by atoms with Crippen LogP contribution in [0.25, 0.3) is 12.2 Å². The van der Waals surface area contributed by atoms with Gasteiger partial charge in [0.05, 0.1) is 18.3 Å². The molecule has 0 radical (unpaired) electrons. The summed E-state index contributed by atoms with van der Waals surface area (Å²) in [6.45, 7) is 1.36. The number of carbonyl (C=O) groups is 1. The highest BCUT2D eigenvalue weighted by molar-refractivity contribution is 5.90. The Bertz CT molecular complexity index is 731. The number of nitrogens with one attached hydrogen (secondary N) is 1. The van der Waals surface area contributed by atoms with Crippen molar-refractivity contribution in [2.24, 2.45) is 0 Å². The number of ether oxygens (including phenoxy) is 1. The second kappa shape index (κ2) is 8.44. The van der Waals surface area contributed by atoms with Crippen LogP contribution in [0.4, 0.5) is 10.5 Å². The average molecular weight is 337 g/mol. The maximum atomic E-state index is 12.5. The van der Waals surface area contributed by atoms with E-state index in [2.05, 4.69) is 10.3 Å². The third-order valence-corrected chi connectivity index (χ3v) is 4.27. The van der Waals surface area contributed by atoms with E-state index in [4.69, 9.17) is 4.74 Å². The zero-order valence-corrected chi connectivity index (χ0v) is 14.4. The standard InChI is InChI=1S/C20H23N3O2/c1-25-15-19-9-5-13-23(19)20(24)22-18-8-4-6-16(14-18)10-11-17-7-2-3-12-21-17/h2-4,6-8,10-12,14,19H,5,9,13,15H2,1H3,(H,22,24). The number of anilines is 1. The van der Waals surface area contributed by atoms with E-state index in [1.54, 1.807) is 13.3 Å². The molecule has 1 unspecified atom stereocenters. The molecule has 25 heavy (non-hydrogen) atoms. The zero-order valence-electron chi connectivity index (χ0n) is 14.4. The monoisotopic (exact) mass is 337 g/mol. The van der Waals surface area contributed by atoms with Gasteiger partial charge in [0.25, 0.3) is 0 Å². The summed E-state index contributed by atoms with van der Waals surface area (Å²) >= 11 is 0. The van der Waals surface area contributed by atoms with Crippen LogP contribution < -0.4 is 5.32 Å². The van der Waals surface area contributed by atoms with Crippen molar-refractivity contribution >= 4 is 23.9 Å². The van der Waals surface area contributed by atoms with Crippen LogP contribution in [0.1, 0.15) is 24.1 Å². The van der Waals surface area contributed by atoms with E-state index in [0.717, 1.165) is 36.3 Å². The van der Waals surface area contributed by atoms with E-state index < -0.39 is 0 Å². The second-order valence-corrected chi connectivity index (χ2v) is 6.09. The van der Waals surface area contributed by atoms with E-state index >= 15 is 0 Å². The summed E-state index contributed by atoms with van der Waals surface area (Å²) in [6, 6.07) is 13.7. The van der Waals surface area contributed by atoms with Crippen molar-refractivity contribution in [1.82, 2.24) is 9.88 Å². The Morgan fingerprint density at radius 1 is 1.32 bits per heavy atom. The van der Waals surface area contributed by atoms with Crippen LogP contribution in [-0.4, -0.2) is 42.2 Å². The molecule has 1 saturated heterocycles. The van der Waals surface area contributed by atoms with Gasteiger partial charge in [0, 0.05) is 25.5 Å². The number of carbonyl (C=O) groups excluding carboxylic acids is 1. The Kier molecular flexibility index (Phi) is 5.80. The molecule has 130 valence electrons. The van der Waals surface area contributed by atoms with Crippen molar-refractivity contribution in [2.45, 2.75) is 18.9 Å². The first kappa shape index (κ1) is 17.2. The molecule has 1 aromatic carbocycles. The minimum atomic E-state index is -0.0644. The second-order valence-electron chi connectivity index (χ2n) is 6.09. The molecule has 0 spiro atoms. The number of nitrogens with zero attached hydrogens (tertiary/aromatic N) is 2. The van der Waals surface area contributed by atoms with Gasteiger partial charge in [-0.05, 0) is 48.7 Å². The number of benzene rings is 1. The fourth-order valence-electron chi connectivity index (χ4n) is 3.04. The Balaban J connectivity index is 1.65. The predicted octanol–water partition coefficient (Wildman–Crippen LogP) is 3.89. The summed E-state index contributed by atoms with van der Waals surface area (Å²) in [6.07, 6.45) is 7.73. The third kappa shape index (κ3) is 4.67. The van der Waals surface area contributed by atoms with E-state index in [-0.39, 0.29) is 12.1 Å². The van der Waals surface area contributed by atoms with Crippen molar-refractivity contribution in [1.29, 1.82) is 0 Å². The summed E-state index contributed by atoms with van der Waals surface area (Å²) in [7, 11) is 1.67. The molecule has 3 rings (SSSR count). The SMILES string of the molecule is COCC1CCCN1C(=O)Nc1cccc(C=Cc2ccccn2)c1. The lowest BCUT2D eigenvalue weighted by atomic mass is 10.1. The van der Waals surface area contributed by atoms with Crippen molar-refractivity contribution in [2.75, 3.05) is 25.6 Å². The molecule has 1 N–H and O–H groups in total. The summed E-state index contributed by atoms with van der Waals surface area (Å²) in [4.78, 5) is 18.7. The van der Waals surface area contributed by atoms with E-state index in [1.807, 2.05) is 59.5 Å². The molecule has 0 aliphatic carbocycles. The van der Waals surface area contributed by atoms with Gasteiger partial charge in [-0.1, -0.05) is 24.3 Å². The summed E-state index contributed by atoms with van der Waals surface area (Å²) in [5, 5.41) is 2.99. The minimum Gasteiger partial charge on any atom is -0.383 e. The first-order valence-electron chi connectivity index (χ1n) is 8.52. The fourth-order valence-corrected chi connectivity index (χ4v) is 3.04. The Labute approximate surface area is 148 Å². The van der Waals surface area contributed by atoms with Crippen LogP contribution in [0, 0.1) is 0 Å². The minimum absolute atomic E-state index is 0.0644. The van der Waals surface area contributed by atoms with Crippen molar-refractivity contribution in [3.63, 3.8) is 0 Å². The maximum Gasteiger partial charge on any atom is 0.322 e. The average Bonchev–Trinajstić information content (AvgIpc) is 3.10. The molecular formula is C20H23N3O2. The number of rotatable bonds is 5. The van der Waals surface area contributed by atoms with Gasteiger partial charge in [0.2, 0.25) is 0 Å². The summed E-state index contributed by atoms with van der Waals surface area (Å²) in [5.41, 5.74) is 2.70. The van der Waals surface area contributed by atoms with Crippen molar-refractivity contribution in [3.8, 4) is 0 Å². The van der Waals surface area contributed by atoms with Gasteiger partial charge >= 0.3 is 6.03 Å². The van der Waals surface area contributed by atoms with Crippen LogP contribution in [0.3, 0.4) is 0 Å². The van der Waals surface area contributed by atoms with Gasteiger partial charge in [-0.2, -0.15) is 0 Å². The highest BCUT2D eigenvalue weighted by Crippen LogP contribution is 2.20. The molecule has 5 heteroatoms. The molecule has 1 aliphatic heterocycles. The van der Waals surface area contributed by atoms with Gasteiger partial charge in [0.1, 0.15) is 0 Å². The molecule has 0 bridgehead atoms. The number of urea groups is 1. The van der Waals surface area contributed by atoms with Gasteiger partial charge in [-0.25, -0.2) is 4.79 Å². The molecule has 2 amide bonds. The maximum absolute atomic E-state index is 12.5. The molecule has 2 heterocycles. The van der Waals surface area contributed by atoms with Crippen molar-refractivity contribution < 1.29 is 9.53 Å². The highest BCUT2D eigenvalue weighted by Gasteiger charge is 2.28. The lowest BCUT2D eigenvalue weighted by Crippen LogP contribution is -2.40. The number of amides is 2.